The van der Waals surface area contributed by atoms with Crippen LogP contribution in [0.1, 0.15) is 29.9 Å². The molecule has 2 heteroatoms. The van der Waals surface area contributed by atoms with Gasteiger partial charge in [0.25, 0.3) is 0 Å². The molecule has 0 aromatic heterocycles. The van der Waals surface area contributed by atoms with Crippen LogP contribution in [-0.4, -0.2) is 7.11 Å². The number of nitrogens with zero attached hydrogens (tertiary/aromatic N) is 1. The molecule has 2 aromatic carbocycles. The van der Waals surface area contributed by atoms with E-state index < -0.39 is 0 Å². The summed E-state index contributed by atoms with van der Waals surface area (Å²) in [5, 5.41) is 11.5. The molecule has 18 heavy (non-hydrogen) atoms. The summed E-state index contributed by atoms with van der Waals surface area (Å²) < 4.78 is 5.46. The Morgan fingerprint density at radius 1 is 1.33 bits per heavy atom. The van der Waals surface area contributed by atoms with Crippen molar-refractivity contribution in [2.45, 2.75) is 25.2 Å². The van der Waals surface area contributed by atoms with Crippen molar-refractivity contribution in [3.63, 3.8) is 0 Å². The number of methoxy groups -OCH3 is 1. The molecule has 1 atom stereocenters. The first-order chi connectivity index (χ1) is 8.85. The van der Waals surface area contributed by atoms with Gasteiger partial charge in [0.1, 0.15) is 5.75 Å². The number of benzene rings is 2. The second-order valence-corrected chi connectivity index (χ2v) is 4.79. The van der Waals surface area contributed by atoms with Gasteiger partial charge in [-0.15, -0.1) is 0 Å². The molecule has 0 bridgehead atoms. The second-order valence-electron chi connectivity index (χ2n) is 4.79. The lowest BCUT2D eigenvalue weighted by Crippen LogP contribution is -2.09. The van der Waals surface area contributed by atoms with E-state index in [0.29, 0.717) is 12.3 Å². The van der Waals surface area contributed by atoms with Crippen molar-refractivity contribution in [3.05, 3.63) is 41.5 Å². The maximum Gasteiger partial charge on any atom is 0.122 e. The molecule has 0 unspecified atom stereocenters. The molecule has 2 aromatic rings. The third-order valence-corrected chi connectivity index (χ3v) is 3.88. The summed E-state index contributed by atoms with van der Waals surface area (Å²) >= 11 is 0. The Kier molecular flexibility index (Phi) is 2.68. The lowest BCUT2D eigenvalue weighted by molar-refractivity contribution is 0.408. The number of rotatable bonds is 2. The molecule has 0 heterocycles. The monoisotopic (exact) mass is 237 g/mol. The summed E-state index contributed by atoms with van der Waals surface area (Å²) in [6.45, 7) is 0. The van der Waals surface area contributed by atoms with Crippen molar-refractivity contribution in [2.75, 3.05) is 7.11 Å². The number of hydrogen-bond acceptors (Lipinski definition) is 2. The molecule has 0 radical (unpaired) electrons. The van der Waals surface area contributed by atoms with Crippen molar-refractivity contribution >= 4 is 10.8 Å². The van der Waals surface area contributed by atoms with Crippen LogP contribution in [0.3, 0.4) is 0 Å². The molecule has 1 aliphatic carbocycles. The maximum absolute atomic E-state index is 8.95. The first-order valence-corrected chi connectivity index (χ1v) is 6.30. The zero-order valence-electron chi connectivity index (χ0n) is 10.4. The summed E-state index contributed by atoms with van der Waals surface area (Å²) in [6, 6.07) is 12.8. The number of ether oxygens (including phenoxy) is 1. The fraction of sp³-hybridized carbons (Fsp3) is 0.312. The van der Waals surface area contributed by atoms with Gasteiger partial charge in [0.05, 0.1) is 13.2 Å². The summed E-state index contributed by atoms with van der Waals surface area (Å²) in [4.78, 5) is 0. The Balaban J connectivity index is 2.29. The average molecular weight is 237 g/mol. The fourth-order valence-electron chi connectivity index (χ4n) is 3.04. The fourth-order valence-corrected chi connectivity index (χ4v) is 3.04. The Morgan fingerprint density at radius 2 is 2.22 bits per heavy atom. The molecule has 0 spiro atoms. The van der Waals surface area contributed by atoms with Crippen molar-refractivity contribution in [1.82, 2.24) is 0 Å². The van der Waals surface area contributed by atoms with Gasteiger partial charge in [-0.05, 0) is 41.2 Å². The van der Waals surface area contributed by atoms with Crippen LogP contribution >= 0.6 is 0 Å². The van der Waals surface area contributed by atoms with Gasteiger partial charge < -0.3 is 4.74 Å². The minimum atomic E-state index is 0.373. The van der Waals surface area contributed by atoms with Crippen LogP contribution in [-0.2, 0) is 6.42 Å². The lowest BCUT2D eigenvalue weighted by Gasteiger charge is -2.25. The standard InChI is InChI=1S/C16H15NO/c1-18-15-8-6-12-3-2-4-13-11(9-10-17)5-7-14(15)16(12)13/h2-4,6,8,11H,5,7,9H2,1H3/t11-/m0/s1. The van der Waals surface area contributed by atoms with Gasteiger partial charge in [-0.3, -0.25) is 0 Å². The highest BCUT2D eigenvalue weighted by atomic mass is 16.5. The smallest absolute Gasteiger partial charge is 0.122 e. The highest BCUT2D eigenvalue weighted by molar-refractivity contribution is 5.92. The molecule has 2 nitrogen and oxygen atoms in total. The molecule has 1 aliphatic rings. The maximum atomic E-state index is 8.95. The van der Waals surface area contributed by atoms with Crippen LogP contribution in [0.2, 0.25) is 0 Å². The van der Waals surface area contributed by atoms with Crippen molar-refractivity contribution in [3.8, 4) is 11.8 Å². The molecule has 0 saturated heterocycles. The second kappa shape index (κ2) is 4.34. The molecule has 3 rings (SSSR count). The molecular weight excluding hydrogens is 222 g/mol. The molecule has 0 aliphatic heterocycles. The Hall–Kier alpha value is -2.01. The first-order valence-electron chi connectivity index (χ1n) is 6.30. The van der Waals surface area contributed by atoms with Gasteiger partial charge in [0.2, 0.25) is 0 Å². The van der Waals surface area contributed by atoms with E-state index in [-0.39, 0.29) is 0 Å². The molecule has 0 fully saturated rings. The quantitative estimate of drug-likeness (QED) is 0.796. The van der Waals surface area contributed by atoms with Gasteiger partial charge >= 0.3 is 0 Å². The van der Waals surface area contributed by atoms with E-state index in [1.54, 1.807) is 7.11 Å². The molecular formula is C16H15NO. The summed E-state index contributed by atoms with van der Waals surface area (Å²) in [5.74, 6) is 1.35. The summed E-state index contributed by atoms with van der Waals surface area (Å²) in [6.07, 6.45) is 2.65. The topological polar surface area (TPSA) is 33.0 Å². The van der Waals surface area contributed by atoms with E-state index in [1.165, 1.54) is 21.9 Å². The number of aryl methyl sites for hydroxylation is 1. The van der Waals surface area contributed by atoms with Crippen LogP contribution in [0.15, 0.2) is 30.3 Å². The summed E-state index contributed by atoms with van der Waals surface area (Å²) in [5.41, 5.74) is 2.62. The predicted octanol–water partition coefficient (Wildman–Crippen LogP) is 3.79. The van der Waals surface area contributed by atoms with Gasteiger partial charge in [0.15, 0.2) is 0 Å². The van der Waals surface area contributed by atoms with Gasteiger partial charge in [-0.1, -0.05) is 24.3 Å². The molecule has 0 N–H and O–H groups in total. The van der Waals surface area contributed by atoms with E-state index in [9.17, 15) is 0 Å². The van der Waals surface area contributed by atoms with Gasteiger partial charge in [-0.2, -0.15) is 5.26 Å². The van der Waals surface area contributed by atoms with E-state index in [4.69, 9.17) is 10.00 Å². The van der Waals surface area contributed by atoms with Crippen LogP contribution in [0.25, 0.3) is 10.8 Å². The SMILES string of the molecule is COc1ccc2cccc3c2c1CC[C@H]3CC#N. The van der Waals surface area contributed by atoms with Gasteiger partial charge in [0, 0.05) is 12.0 Å². The molecule has 0 amide bonds. The van der Waals surface area contributed by atoms with E-state index >= 15 is 0 Å². The van der Waals surface area contributed by atoms with E-state index in [1.807, 2.05) is 6.07 Å². The number of nitriles is 1. The highest BCUT2D eigenvalue weighted by Gasteiger charge is 2.23. The van der Waals surface area contributed by atoms with Crippen molar-refractivity contribution in [2.24, 2.45) is 0 Å². The highest BCUT2D eigenvalue weighted by Crippen LogP contribution is 2.41. The molecule has 0 saturated carbocycles. The predicted molar refractivity (Wildman–Crippen MR) is 71.8 cm³/mol. The van der Waals surface area contributed by atoms with Gasteiger partial charge in [-0.25, -0.2) is 0 Å². The third-order valence-electron chi connectivity index (χ3n) is 3.88. The summed E-state index contributed by atoms with van der Waals surface area (Å²) in [7, 11) is 1.72. The average Bonchev–Trinajstić information content (AvgIpc) is 2.42. The third kappa shape index (κ3) is 1.55. The van der Waals surface area contributed by atoms with Crippen LogP contribution in [0.5, 0.6) is 5.75 Å². The zero-order valence-corrected chi connectivity index (χ0v) is 10.4. The van der Waals surface area contributed by atoms with Crippen molar-refractivity contribution in [1.29, 1.82) is 5.26 Å². The van der Waals surface area contributed by atoms with E-state index in [0.717, 1.165) is 18.6 Å². The van der Waals surface area contributed by atoms with Crippen LogP contribution in [0, 0.1) is 11.3 Å². The lowest BCUT2D eigenvalue weighted by atomic mass is 9.80. The normalized spacial score (nSPS) is 17.4. The zero-order chi connectivity index (χ0) is 12.5. The Morgan fingerprint density at radius 3 is 3.00 bits per heavy atom. The Bertz CT molecular complexity index is 639. The number of hydrogen-bond donors (Lipinski definition) is 0. The van der Waals surface area contributed by atoms with Crippen molar-refractivity contribution < 1.29 is 4.74 Å². The first kappa shape index (κ1) is 11.1. The minimum Gasteiger partial charge on any atom is -0.496 e. The Labute approximate surface area is 107 Å². The minimum absolute atomic E-state index is 0.373. The van der Waals surface area contributed by atoms with E-state index in [2.05, 4.69) is 30.3 Å². The molecule has 90 valence electrons. The van der Waals surface area contributed by atoms with Crippen LogP contribution < -0.4 is 4.74 Å². The largest absolute Gasteiger partial charge is 0.496 e. The van der Waals surface area contributed by atoms with Crippen LogP contribution in [0.4, 0.5) is 0 Å².